The first-order valence-corrected chi connectivity index (χ1v) is 4.77. The summed E-state index contributed by atoms with van der Waals surface area (Å²) in [5.74, 6) is 1.32. The zero-order valence-electron chi connectivity index (χ0n) is 9.34. The number of ether oxygens (including phenoxy) is 1. The summed E-state index contributed by atoms with van der Waals surface area (Å²) in [4.78, 5) is 4.19. The summed E-state index contributed by atoms with van der Waals surface area (Å²) in [5.41, 5.74) is 6.42. The molecule has 2 aromatic heterocycles. The predicted octanol–water partition coefficient (Wildman–Crippen LogP) is 0.760. The van der Waals surface area contributed by atoms with Gasteiger partial charge in [-0.1, -0.05) is 5.16 Å². The van der Waals surface area contributed by atoms with E-state index in [2.05, 4.69) is 15.2 Å². The Labute approximate surface area is 92.2 Å². The monoisotopic (exact) mass is 223 g/mol. The summed E-state index contributed by atoms with van der Waals surface area (Å²) < 4.78 is 11.7. The van der Waals surface area contributed by atoms with Gasteiger partial charge in [0.1, 0.15) is 17.5 Å². The maximum Gasteiger partial charge on any atom is 0.263 e. The average Bonchev–Trinajstić information content (AvgIpc) is 2.87. The Morgan fingerprint density at radius 1 is 1.56 bits per heavy atom. The van der Waals surface area contributed by atoms with E-state index in [1.807, 2.05) is 6.92 Å². The van der Waals surface area contributed by atoms with Crippen LogP contribution in [0.25, 0.3) is 11.5 Å². The minimum absolute atomic E-state index is 0.213. The van der Waals surface area contributed by atoms with Crippen molar-refractivity contribution < 1.29 is 9.26 Å². The maximum absolute atomic E-state index is 5.79. The lowest BCUT2D eigenvalue weighted by molar-refractivity contribution is 0.109. The summed E-state index contributed by atoms with van der Waals surface area (Å²) >= 11 is 0. The molecule has 2 rings (SSSR count). The molecule has 7 nitrogen and oxygen atoms in total. The van der Waals surface area contributed by atoms with E-state index >= 15 is 0 Å². The zero-order valence-corrected chi connectivity index (χ0v) is 9.34. The SMILES string of the molecule is COC(C)c1noc(-c2cnn(C)c2N)n1. The van der Waals surface area contributed by atoms with Crippen LogP contribution >= 0.6 is 0 Å². The maximum atomic E-state index is 5.79. The van der Waals surface area contributed by atoms with Crippen molar-refractivity contribution in [1.82, 2.24) is 19.9 Å². The van der Waals surface area contributed by atoms with Crippen LogP contribution < -0.4 is 5.73 Å². The highest BCUT2D eigenvalue weighted by Crippen LogP contribution is 2.24. The molecular formula is C9H13N5O2. The van der Waals surface area contributed by atoms with Gasteiger partial charge in [-0.05, 0) is 6.92 Å². The Morgan fingerprint density at radius 2 is 2.31 bits per heavy atom. The highest BCUT2D eigenvalue weighted by molar-refractivity contribution is 5.66. The standard InChI is InChI=1S/C9H13N5O2/c1-5(15-3)8-12-9(16-13-8)6-4-11-14(2)7(6)10/h4-5H,10H2,1-3H3. The Balaban J connectivity index is 2.35. The van der Waals surface area contributed by atoms with E-state index in [0.717, 1.165) is 0 Å². The zero-order chi connectivity index (χ0) is 11.7. The van der Waals surface area contributed by atoms with Crippen LogP contribution in [0, 0.1) is 0 Å². The van der Waals surface area contributed by atoms with Crippen LogP contribution in [0.15, 0.2) is 10.7 Å². The third-order valence-corrected chi connectivity index (χ3v) is 2.37. The molecule has 0 saturated heterocycles. The molecule has 86 valence electrons. The lowest BCUT2D eigenvalue weighted by atomic mass is 10.3. The van der Waals surface area contributed by atoms with Gasteiger partial charge in [-0.25, -0.2) is 0 Å². The molecule has 2 heterocycles. The van der Waals surface area contributed by atoms with E-state index in [4.69, 9.17) is 15.0 Å². The molecule has 2 N–H and O–H groups in total. The summed E-state index contributed by atoms with van der Waals surface area (Å²) in [6.45, 7) is 1.83. The number of rotatable bonds is 3. The summed E-state index contributed by atoms with van der Waals surface area (Å²) in [6, 6.07) is 0. The molecule has 0 aliphatic carbocycles. The van der Waals surface area contributed by atoms with Gasteiger partial charge in [0.2, 0.25) is 5.82 Å². The van der Waals surface area contributed by atoms with Crippen molar-refractivity contribution in [2.24, 2.45) is 7.05 Å². The van der Waals surface area contributed by atoms with Crippen LogP contribution in [-0.2, 0) is 11.8 Å². The van der Waals surface area contributed by atoms with Crippen molar-refractivity contribution in [2.75, 3.05) is 12.8 Å². The first-order valence-electron chi connectivity index (χ1n) is 4.77. The minimum Gasteiger partial charge on any atom is -0.383 e. The number of methoxy groups -OCH3 is 1. The van der Waals surface area contributed by atoms with Gasteiger partial charge < -0.3 is 15.0 Å². The lowest BCUT2D eigenvalue weighted by Gasteiger charge is -2.00. The third-order valence-electron chi connectivity index (χ3n) is 2.37. The molecule has 1 unspecified atom stereocenters. The smallest absolute Gasteiger partial charge is 0.263 e. The third kappa shape index (κ3) is 1.65. The van der Waals surface area contributed by atoms with Crippen LogP contribution in [0.4, 0.5) is 5.82 Å². The van der Waals surface area contributed by atoms with Gasteiger partial charge in [-0.3, -0.25) is 4.68 Å². The number of nitrogen functional groups attached to an aromatic ring is 1. The second-order valence-electron chi connectivity index (χ2n) is 3.40. The molecule has 0 aliphatic heterocycles. The fourth-order valence-electron chi connectivity index (χ4n) is 1.23. The number of nitrogens with zero attached hydrogens (tertiary/aromatic N) is 4. The van der Waals surface area contributed by atoms with Crippen LogP contribution in [0.2, 0.25) is 0 Å². The van der Waals surface area contributed by atoms with Gasteiger partial charge in [0.05, 0.1) is 6.20 Å². The summed E-state index contributed by atoms with van der Waals surface area (Å²) in [6.07, 6.45) is 1.37. The van der Waals surface area contributed by atoms with E-state index in [0.29, 0.717) is 23.1 Å². The molecule has 0 saturated carbocycles. The highest BCUT2D eigenvalue weighted by Gasteiger charge is 2.17. The van der Waals surface area contributed by atoms with E-state index in [-0.39, 0.29) is 6.10 Å². The molecule has 0 radical (unpaired) electrons. The van der Waals surface area contributed by atoms with Gasteiger partial charge in [-0.2, -0.15) is 10.1 Å². The fourth-order valence-corrected chi connectivity index (χ4v) is 1.23. The van der Waals surface area contributed by atoms with Crippen LogP contribution in [0.1, 0.15) is 18.9 Å². The molecule has 1 atom stereocenters. The molecule has 0 fully saturated rings. The normalized spacial score (nSPS) is 12.9. The molecule has 0 amide bonds. The van der Waals surface area contributed by atoms with Crippen molar-refractivity contribution in [3.8, 4) is 11.5 Å². The van der Waals surface area contributed by atoms with Crippen molar-refractivity contribution in [1.29, 1.82) is 0 Å². The summed E-state index contributed by atoms with van der Waals surface area (Å²) in [7, 11) is 3.33. The van der Waals surface area contributed by atoms with Crippen molar-refractivity contribution in [2.45, 2.75) is 13.0 Å². The predicted molar refractivity (Wildman–Crippen MR) is 56.3 cm³/mol. The Hall–Kier alpha value is -1.89. The first-order chi connectivity index (χ1) is 7.63. The van der Waals surface area contributed by atoms with Gasteiger partial charge in [0.25, 0.3) is 5.89 Å². The highest BCUT2D eigenvalue weighted by atomic mass is 16.5. The number of hydrogen-bond acceptors (Lipinski definition) is 6. The second kappa shape index (κ2) is 3.93. The van der Waals surface area contributed by atoms with E-state index < -0.39 is 0 Å². The molecule has 0 spiro atoms. The lowest BCUT2D eigenvalue weighted by Crippen LogP contribution is -1.99. The Kier molecular flexibility index (Phi) is 2.61. The molecule has 0 aromatic carbocycles. The summed E-state index contributed by atoms with van der Waals surface area (Å²) in [5, 5.41) is 7.81. The van der Waals surface area contributed by atoms with Crippen molar-refractivity contribution in [3.05, 3.63) is 12.0 Å². The van der Waals surface area contributed by atoms with Crippen LogP contribution in [0.5, 0.6) is 0 Å². The van der Waals surface area contributed by atoms with E-state index in [9.17, 15) is 0 Å². The van der Waals surface area contributed by atoms with E-state index in [1.165, 1.54) is 0 Å². The van der Waals surface area contributed by atoms with Gasteiger partial charge in [0.15, 0.2) is 0 Å². The molecule has 7 heteroatoms. The van der Waals surface area contributed by atoms with E-state index in [1.54, 1.807) is 25.0 Å². The number of aryl methyl sites for hydroxylation is 1. The van der Waals surface area contributed by atoms with Crippen molar-refractivity contribution in [3.63, 3.8) is 0 Å². The van der Waals surface area contributed by atoms with Crippen LogP contribution in [0.3, 0.4) is 0 Å². The first kappa shape index (κ1) is 10.6. The Bertz CT molecular complexity index is 490. The second-order valence-corrected chi connectivity index (χ2v) is 3.40. The number of nitrogens with two attached hydrogens (primary N) is 1. The fraction of sp³-hybridized carbons (Fsp3) is 0.444. The molecule has 2 aromatic rings. The van der Waals surface area contributed by atoms with Crippen molar-refractivity contribution >= 4 is 5.82 Å². The number of anilines is 1. The number of hydrogen-bond donors (Lipinski definition) is 1. The topological polar surface area (TPSA) is 92.0 Å². The van der Waals surface area contributed by atoms with Gasteiger partial charge in [0, 0.05) is 14.2 Å². The molecular weight excluding hydrogens is 210 g/mol. The number of aromatic nitrogens is 4. The quantitative estimate of drug-likeness (QED) is 0.825. The average molecular weight is 223 g/mol. The van der Waals surface area contributed by atoms with Gasteiger partial charge >= 0.3 is 0 Å². The van der Waals surface area contributed by atoms with Gasteiger partial charge in [-0.15, -0.1) is 0 Å². The largest absolute Gasteiger partial charge is 0.383 e. The molecule has 16 heavy (non-hydrogen) atoms. The molecule has 0 aliphatic rings. The van der Waals surface area contributed by atoms with Crippen LogP contribution in [-0.4, -0.2) is 27.0 Å². The molecule has 0 bridgehead atoms. The Morgan fingerprint density at radius 3 is 2.88 bits per heavy atom. The minimum atomic E-state index is -0.213.